The fourth-order valence-corrected chi connectivity index (χ4v) is 3.47. The third kappa shape index (κ3) is 3.95. The van der Waals surface area contributed by atoms with Crippen molar-refractivity contribution in [1.82, 2.24) is 5.32 Å². The van der Waals surface area contributed by atoms with Gasteiger partial charge in [-0.3, -0.25) is 9.69 Å². The summed E-state index contributed by atoms with van der Waals surface area (Å²) in [5.41, 5.74) is 1.81. The number of nitrogens with one attached hydrogen (secondary N) is 1. The number of anilines is 1. The van der Waals surface area contributed by atoms with Crippen LogP contribution < -0.4 is 10.2 Å². The molecule has 8 heteroatoms. The number of oxime groups is 1. The molecule has 140 valence electrons. The van der Waals surface area contributed by atoms with Gasteiger partial charge in [0.2, 0.25) is 5.91 Å². The van der Waals surface area contributed by atoms with Crippen molar-refractivity contribution < 1.29 is 23.9 Å². The molecule has 1 unspecified atom stereocenters. The van der Waals surface area contributed by atoms with Gasteiger partial charge < -0.3 is 15.3 Å². The number of amides is 2. The molecule has 1 aromatic rings. The summed E-state index contributed by atoms with van der Waals surface area (Å²) in [6.45, 7) is 1.88. The zero-order valence-corrected chi connectivity index (χ0v) is 14.6. The third-order valence-electron chi connectivity index (χ3n) is 4.89. The summed E-state index contributed by atoms with van der Waals surface area (Å²) >= 11 is 0. The molecule has 1 saturated carbocycles. The summed E-state index contributed by atoms with van der Waals surface area (Å²) in [6.07, 6.45) is 1.79. The Morgan fingerprint density at radius 2 is 2.15 bits per heavy atom. The zero-order valence-electron chi connectivity index (χ0n) is 14.6. The lowest BCUT2D eigenvalue weighted by molar-refractivity contribution is -0.119. The second-order valence-electron chi connectivity index (χ2n) is 6.70. The molecular formula is C18H22FN3O4. The zero-order chi connectivity index (χ0) is 18.7. The Labute approximate surface area is 150 Å². The van der Waals surface area contributed by atoms with E-state index in [-0.39, 0.29) is 30.7 Å². The third-order valence-corrected chi connectivity index (χ3v) is 4.89. The van der Waals surface area contributed by atoms with Gasteiger partial charge in [-0.25, -0.2) is 9.18 Å². The van der Waals surface area contributed by atoms with Crippen molar-refractivity contribution >= 4 is 23.4 Å². The number of carbonyl (C=O) groups excluding carboxylic acids is 2. The van der Waals surface area contributed by atoms with Crippen LogP contribution in [0.4, 0.5) is 14.9 Å². The molecule has 2 N–H and O–H groups in total. The van der Waals surface area contributed by atoms with E-state index in [0.717, 1.165) is 18.6 Å². The first-order chi connectivity index (χ1) is 12.5. The van der Waals surface area contributed by atoms with Crippen LogP contribution in [0.15, 0.2) is 23.4 Å². The second kappa shape index (κ2) is 7.72. The highest BCUT2D eigenvalue weighted by Crippen LogP contribution is 2.35. The molecule has 0 bridgehead atoms. The van der Waals surface area contributed by atoms with Crippen LogP contribution in [0.25, 0.3) is 0 Å². The number of nitrogens with zero attached hydrogens (tertiary/aromatic N) is 2. The summed E-state index contributed by atoms with van der Waals surface area (Å²) in [7, 11) is 0. The van der Waals surface area contributed by atoms with Gasteiger partial charge in [0.25, 0.3) is 0 Å². The van der Waals surface area contributed by atoms with E-state index in [9.17, 15) is 14.0 Å². The molecule has 1 aliphatic carbocycles. The number of rotatable bonds is 4. The van der Waals surface area contributed by atoms with Crippen LogP contribution in [0.5, 0.6) is 0 Å². The van der Waals surface area contributed by atoms with Crippen molar-refractivity contribution in [1.29, 1.82) is 0 Å². The van der Waals surface area contributed by atoms with Crippen LogP contribution in [0.1, 0.15) is 44.1 Å². The largest absolute Gasteiger partial charge is 0.442 e. The number of ether oxygens (including phenoxy) is 1. The standard InChI is InChI=1S/C18H22FN3O4/c1-11(23)20-9-15-10-22(18(24)26-15)14-6-7-16(17(19)8-14)12-2-4-13(21-25)5-3-12/h6-8,12,15,25H,2-5,9-10H2,1H3,(H,20,23). The SMILES string of the molecule is CC(=O)NCC1CN(c2ccc(C3CCC(=NO)CC3)c(F)c2)C(=O)O1. The Morgan fingerprint density at radius 1 is 1.42 bits per heavy atom. The van der Waals surface area contributed by atoms with Crippen LogP contribution in [-0.2, 0) is 9.53 Å². The van der Waals surface area contributed by atoms with Crippen LogP contribution in [0.3, 0.4) is 0 Å². The molecule has 1 aromatic carbocycles. The Morgan fingerprint density at radius 3 is 2.77 bits per heavy atom. The maximum atomic E-state index is 14.6. The monoisotopic (exact) mass is 363 g/mol. The Balaban J connectivity index is 1.68. The summed E-state index contributed by atoms with van der Waals surface area (Å²) in [5, 5.41) is 14.7. The van der Waals surface area contributed by atoms with E-state index < -0.39 is 12.2 Å². The van der Waals surface area contributed by atoms with E-state index >= 15 is 0 Å². The van der Waals surface area contributed by atoms with E-state index in [4.69, 9.17) is 9.94 Å². The van der Waals surface area contributed by atoms with Crippen molar-refractivity contribution in [2.24, 2.45) is 5.16 Å². The molecule has 0 radical (unpaired) electrons. The van der Waals surface area contributed by atoms with Crippen molar-refractivity contribution in [3.8, 4) is 0 Å². The predicted molar refractivity (Wildman–Crippen MR) is 93.1 cm³/mol. The fraction of sp³-hybridized carbons (Fsp3) is 0.500. The van der Waals surface area contributed by atoms with Gasteiger partial charge in [0, 0.05) is 6.92 Å². The van der Waals surface area contributed by atoms with E-state index in [1.165, 1.54) is 17.9 Å². The van der Waals surface area contributed by atoms with Gasteiger partial charge in [-0.15, -0.1) is 0 Å². The summed E-state index contributed by atoms with van der Waals surface area (Å²) < 4.78 is 19.8. The van der Waals surface area contributed by atoms with Crippen molar-refractivity contribution in [3.05, 3.63) is 29.6 Å². The first-order valence-corrected chi connectivity index (χ1v) is 8.69. The van der Waals surface area contributed by atoms with E-state index in [1.807, 2.05) is 0 Å². The van der Waals surface area contributed by atoms with Gasteiger partial charge in [0.15, 0.2) is 0 Å². The highest BCUT2D eigenvalue weighted by molar-refractivity contribution is 5.90. The molecule has 1 aliphatic heterocycles. The number of halogens is 1. The molecule has 0 aromatic heterocycles. The minimum absolute atomic E-state index is 0.0765. The Bertz CT molecular complexity index is 727. The fourth-order valence-electron chi connectivity index (χ4n) is 3.47. The summed E-state index contributed by atoms with van der Waals surface area (Å²) in [5.74, 6) is -0.473. The molecule has 1 heterocycles. The lowest BCUT2D eigenvalue weighted by Crippen LogP contribution is -2.33. The Hall–Kier alpha value is -2.64. The lowest BCUT2D eigenvalue weighted by Gasteiger charge is -2.24. The van der Waals surface area contributed by atoms with Crippen LogP contribution in [-0.4, -0.2) is 42.1 Å². The van der Waals surface area contributed by atoms with Crippen molar-refractivity contribution in [2.45, 2.75) is 44.6 Å². The summed E-state index contributed by atoms with van der Waals surface area (Å²) in [4.78, 5) is 24.4. The maximum absolute atomic E-state index is 14.6. The number of cyclic esters (lactones) is 1. The number of benzene rings is 1. The van der Waals surface area contributed by atoms with Gasteiger partial charge in [-0.2, -0.15) is 0 Å². The smallest absolute Gasteiger partial charge is 0.414 e. The first kappa shape index (κ1) is 18.2. The van der Waals surface area contributed by atoms with Gasteiger partial charge in [0.05, 0.1) is 24.5 Å². The van der Waals surface area contributed by atoms with Crippen LogP contribution >= 0.6 is 0 Å². The molecule has 26 heavy (non-hydrogen) atoms. The lowest BCUT2D eigenvalue weighted by atomic mass is 9.83. The molecule has 1 atom stereocenters. The molecule has 2 fully saturated rings. The topological polar surface area (TPSA) is 91.2 Å². The number of hydrogen-bond acceptors (Lipinski definition) is 5. The van der Waals surface area contributed by atoms with Gasteiger partial charge in [0.1, 0.15) is 11.9 Å². The normalized spacial score (nSPS) is 22.9. The highest BCUT2D eigenvalue weighted by atomic mass is 19.1. The van der Waals surface area contributed by atoms with Gasteiger partial charge >= 0.3 is 6.09 Å². The van der Waals surface area contributed by atoms with Crippen LogP contribution in [0, 0.1) is 5.82 Å². The van der Waals surface area contributed by atoms with E-state index in [0.29, 0.717) is 24.1 Å². The second-order valence-corrected chi connectivity index (χ2v) is 6.70. The predicted octanol–water partition coefficient (Wildman–Crippen LogP) is 2.77. The molecule has 7 nitrogen and oxygen atoms in total. The maximum Gasteiger partial charge on any atom is 0.414 e. The van der Waals surface area contributed by atoms with Gasteiger partial charge in [-0.05, 0) is 49.3 Å². The minimum atomic E-state index is -0.547. The average molecular weight is 363 g/mol. The number of hydrogen-bond donors (Lipinski definition) is 2. The van der Waals surface area contributed by atoms with Crippen molar-refractivity contribution in [2.75, 3.05) is 18.0 Å². The molecule has 1 saturated heterocycles. The molecule has 2 aliphatic rings. The Kier molecular flexibility index (Phi) is 5.39. The molecule has 3 rings (SSSR count). The minimum Gasteiger partial charge on any atom is -0.442 e. The van der Waals surface area contributed by atoms with Crippen LogP contribution in [0.2, 0.25) is 0 Å². The molecule has 2 amide bonds. The number of carbonyl (C=O) groups is 2. The average Bonchev–Trinajstić information content (AvgIpc) is 3.01. The molecular weight excluding hydrogens is 341 g/mol. The van der Waals surface area contributed by atoms with E-state index in [1.54, 1.807) is 12.1 Å². The summed E-state index contributed by atoms with van der Waals surface area (Å²) in [6, 6.07) is 4.79. The van der Waals surface area contributed by atoms with Crippen molar-refractivity contribution in [3.63, 3.8) is 0 Å². The molecule has 0 spiro atoms. The van der Waals surface area contributed by atoms with E-state index in [2.05, 4.69) is 10.5 Å². The first-order valence-electron chi connectivity index (χ1n) is 8.69. The quantitative estimate of drug-likeness (QED) is 0.636. The highest BCUT2D eigenvalue weighted by Gasteiger charge is 2.33. The van der Waals surface area contributed by atoms with Gasteiger partial charge in [-0.1, -0.05) is 11.2 Å².